The third-order valence-electron chi connectivity index (χ3n) is 6.42. The van der Waals surface area contributed by atoms with Gasteiger partial charge in [0.2, 0.25) is 0 Å². The van der Waals surface area contributed by atoms with Gasteiger partial charge in [-0.2, -0.15) is 0 Å². The number of fused-ring (bicyclic) bond motifs is 1. The van der Waals surface area contributed by atoms with E-state index in [1.165, 1.54) is 16.6 Å². The van der Waals surface area contributed by atoms with Gasteiger partial charge >= 0.3 is 0 Å². The molecular weight excluding hydrogens is 526 g/mol. The highest BCUT2D eigenvalue weighted by molar-refractivity contribution is 9.10. The van der Waals surface area contributed by atoms with E-state index in [0.29, 0.717) is 12.1 Å². The Morgan fingerprint density at radius 1 is 0.919 bits per heavy atom. The van der Waals surface area contributed by atoms with Crippen molar-refractivity contribution in [1.29, 1.82) is 0 Å². The number of carbonyl (C=O) groups excluding carboxylic acids is 1. The van der Waals surface area contributed by atoms with Crippen LogP contribution in [0, 0.1) is 13.8 Å². The van der Waals surface area contributed by atoms with Gasteiger partial charge in [-0.05, 0) is 93.1 Å². The normalized spacial score (nSPS) is 11.1. The number of rotatable bonds is 13. The highest BCUT2D eigenvalue weighted by Crippen LogP contribution is 2.20. The van der Waals surface area contributed by atoms with Gasteiger partial charge in [-0.1, -0.05) is 46.6 Å². The Kier molecular flexibility index (Phi) is 9.78. The summed E-state index contributed by atoms with van der Waals surface area (Å²) in [5, 5.41) is 3.02. The Morgan fingerprint density at radius 3 is 2.54 bits per heavy atom. The van der Waals surface area contributed by atoms with Gasteiger partial charge < -0.3 is 14.6 Å². The first-order valence-corrected chi connectivity index (χ1v) is 14.0. The number of benzene rings is 3. The molecule has 0 fully saturated rings. The monoisotopic (exact) mass is 561 g/mol. The molecule has 6 heteroatoms. The van der Waals surface area contributed by atoms with Crippen molar-refractivity contribution < 1.29 is 9.53 Å². The lowest BCUT2D eigenvalue weighted by Crippen LogP contribution is -2.24. The SMILES string of the molecule is Cc1cc(C)cc(OCCCCn2c(CCCCCNC(=O)c3cccc(Br)c3)nc3ccccc32)c1. The molecule has 4 rings (SSSR count). The summed E-state index contributed by atoms with van der Waals surface area (Å²) in [5.74, 6) is 2.08. The third-order valence-corrected chi connectivity index (χ3v) is 6.92. The molecule has 0 spiro atoms. The summed E-state index contributed by atoms with van der Waals surface area (Å²) in [6, 6.07) is 22.2. The standard InChI is InChI=1S/C31H36BrN3O2/c1-23-19-24(2)21-27(20-23)37-18-9-8-17-35-29-14-6-5-13-28(29)34-30(35)15-4-3-7-16-33-31(36)25-11-10-12-26(32)22-25/h5-6,10-14,19-22H,3-4,7-9,15-18H2,1-2H3,(H,33,36). The Morgan fingerprint density at radius 2 is 1.73 bits per heavy atom. The van der Waals surface area contributed by atoms with E-state index < -0.39 is 0 Å². The van der Waals surface area contributed by atoms with E-state index in [0.717, 1.165) is 73.2 Å². The van der Waals surface area contributed by atoms with Crippen molar-refractivity contribution in [3.05, 3.63) is 93.7 Å². The molecule has 1 amide bonds. The number of unbranched alkanes of at least 4 members (excludes halogenated alkanes) is 3. The number of aryl methyl sites for hydroxylation is 4. The molecule has 0 saturated carbocycles. The highest BCUT2D eigenvalue weighted by Gasteiger charge is 2.10. The molecular formula is C31H36BrN3O2. The number of hydrogen-bond donors (Lipinski definition) is 1. The van der Waals surface area contributed by atoms with Crippen LogP contribution in [0.2, 0.25) is 0 Å². The second-order valence-electron chi connectivity index (χ2n) is 9.62. The van der Waals surface area contributed by atoms with Gasteiger partial charge in [0.15, 0.2) is 0 Å². The van der Waals surface area contributed by atoms with E-state index in [-0.39, 0.29) is 5.91 Å². The molecule has 0 radical (unpaired) electrons. The zero-order valence-corrected chi connectivity index (χ0v) is 23.4. The minimum absolute atomic E-state index is 0.0235. The number of halogens is 1. The fourth-order valence-corrected chi connectivity index (χ4v) is 5.06. The maximum atomic E-state index is 12.3. The first-order chi connectivity index (χ1) is 18.0. The van der Waals surface area contributed by atoms with Crippen molar-refractivity contribution in [3.63, 3.8) is 0 Å². The summed E-state index contributed by atoms with van der Waals surface area (Å²) in [6.45, 7) is 6.55. The smallest absolute Gasteiger partial charge is 0.251 e. The van der Waals surface area contributed by atoms with Crippen LogP contribution in [0.4, 0.5) is 0 Å². The van der Waals surface area contributed by atoms with Crippen LogP contribution in [-0.4, -0.2) is 28.6 Å². The van der Waals surface area contributed by atoms with Crippen molar-refractivity contribution in [2.45, 2.75) is 58.9 Å². The van der Waals surface area contributed by atoms with Crippen LogP contribution in [0.15, 0.2) is 71.2 Å². The molecule has 0 aliphatic carbocycles. The van der Waals surface area contributed by atoms with E-state index in [1.807, 2.05) is 24.3 Å². The van der Waals surface area contributed by atoms with Crippen molar-refractivity contribution in [3.8, 4) is 5.75 Å². The van der Waals surface area contributed by atoms with E-state index in [2.05, 4.69) is 82.1 Å². The summed E-state index contributed by atoms with van der Waals surface area (Å²) in [6.07, 6.45) is 6.02. The van der Waals surface area contributed by atoms with Crippen molar-refractivity contribution >= 4 is 32.9 Å². The molecule has 0 aliphatic heterocycles. The lowest BCUT2D eigenvalue weighted by molar-refractivity contribution is 0.0953. The third kappa shape index (κ3) is 7.93. The number of aromatic nitrogens is 2. The summed E-state index contributed by atoms with van der Waals surface area (Å²) in [5.41, 5.74) is 5.41. The second kappa shape index (κ2) is 13.4. The summed E-state index contributed by atoms with van der Waals surface area (Å²) >= 11 is 3.42. The van der Waals surface area contributed by atoms with Gasteiger partial charge in [-0.25, -0.2) is 4.98 Å². The topological polar surface area (TPSA) is 56.1 Å². The maximum Gasteiger partial charge on any atom is 0.251 e. The molecule has 3 aromatic carbocycles. The van der Waals surface area contributed by atoms with Gasteiger partial charge in [-0.15, -0.1) is 0 Å². The maximum absolute atomic E-state index is 12.3. The van der Waals surface area contributed by atoms with E-state index >= 15 is 0 Å². The fraction of sp³-hybridized carbons (Fsp3) is 0.355. The van der Waals surface area contributed by atoms with Crippen LogP contribution in [0.1, 0.15) is 59.4 Å². The van der Waals surface area contributed by atoms with Crippen LogP contribution in [0.5, 0.6) is 5.75 Å². The molecule has 0 atom stereocenters. The van der Waals surface area contributed by atoms with Crippen LogP contribution < -0.4 is 10.1 Å². The quantitative estimate of drug-likeness (QED) is 0.173. The first kappa shape index (κ1) is 26.9. The van der Waals surface area contributed by atoms with Gasteiger partial charge in [0, 0.05) is 29.5 Å². The number of hydrogen-bond acceptors (Lipinski definition) is 3. The summed E-state index contributed by atoms with van der Waals surface area (Å²) < 4.78 is 9.29. The minimum Gasteiger partial charge on any atom is -0.494 e. The van der Waals surface area contributed by atoms with Crippen molar-refractivity contribution in [2.24, 2.45) is 0 Å². The van der Waals surface area contributed by atoms with Gasteiger partial charge in [-0.3, -0.25) is 4.79 Å². The summed E-state index contributed by atoms with van der Waals surface area (Å²) in [7, 11) is 0. The number of imidazole rings is 1. The van der Waals surface area contributed by atoms with Crippen molar-refractivity contribution in [2.75, 3.05) is 13.2 Å². The average Bonchev–Trinajstić information content (AvgIpc) is 3.22. The molecule has 0 saturated heterocycles. The number of ether oxygens (including phenoxy) is 1. The molecule has 4 aromatic rings. The van der Waals surface area contributed by atoms with Crippen LogP contribution in [0.3, 0.4) is 0 Å². The predicted molar refractivity (Wildman–Crippen MR) is 154 cm³/mol. The van der Waals surface area contributed by atoms with Crippen molar-refractivity contribution in [1.82, 2.24) is 14.9 Å². The Hall–Kier alpha value is -3.12. The van der Waals surface area contributed by atoms with Gasteiger partial charge in [0.1, 0.15) is 11.6 Å². The van der Waals surface area contributed by atoms with Crippen LogP contribution >= 0.6 is 15.9 Å². The van der Waals surface area contributed by atoms with E-state index in [9.17, 15) is 4.79 Å². The zero-order chi connectivity index (χ0) is 26.0. The fourth-order valence-electron chi connectivity index (χ4n) is 4.66. The minimum atomic E-state index is -0.0235. The van der Waals surface area contributed by atoms with Gasteiger partial charge in [0.05, 0.1) is 17.6 Å². The molecule has 1 N–H and O–H groups in total. The largest absolute Gasteiger partial charge is 0.494 e. The molecule has 5 nitrogen and oxygen atoms in total. The van der Waals surface area contributed by atoms with E-state index in [4.69, 9.17) is 9.72 Å². The first-order valence-electron chi connectivity index (χ1n) is 13.2. The lowest BCUT2D eigenvalue weighted by atomic mass is 10.1. The second-order valence-corrected chi connectivity index (χ2v) is 10.5. The molecule has 0 aliphatic rings. The molecule has 37 heavy (non-hydrogen) atoms. The number of para-hydroxylation sites is 2. The lowest BCUT2D eigenvalue weighted by Gasteiger charge is -2.11. The zero-order valence-electron chi connectivity index (χ0n) is 21.8. The van der Waals surface area contributed by atoms with Gasteiger partial charge in [0.25, 0.3) is 5.91 Å². The molecule has 1 aromatic heterocycles. The summed E-state index contributed by atoms with van der Waals surface area (Å²) in [4.78, 5) is 17.2. The Balaban J connectivity index is 1.22. The van der Waals surface area contributed by atoms with Crippen LogP contribution in [0.25, 0.3) is 11.0 Å². The number of nitrogens with one attached hydrogen (secondary N) is 1. The molecule has 194 valence electrons. The molecule has 1 heterocycles. The van der Waals surface area contributed by atoms with E-state index in [1.54, 1.807) is 0 Å². The Labute approximate surface area is 228 Å². The predicted octanol–water partition coefficient (Wildman–Crippen LogP) is 7.42. The van der Waals surface area contributed by atoms with Crippen LogP contribution in [-0.2, 0) is 13.0 Å². The number of nitrogens with zero attached hydrogens (tertiary/aromatic N) is 2. The highest BCUT2D eigenvalue weighted by atomic mass is 79.9. The molecule has 0 bridgehead atoms. The average molecular weight is 563 g/mol. The number of carbonyl (C=O) groups is 1. The Bertz CT molecular complexity index is 1310. The molecule has 0 unspecified atom stereocenters. The number of amides is 1.